The number of hydrogen-bond donors (Lipinski definition) is 1. The lowest BCUT2D eigenvalue weighted by molar-refractivity contribution is -0.139. The Bertz CT molecular complexity index is 1180. The van der Waals surface area contributed by atoms with Gasteiger partial charge >= 0.3 is 0 Å². The zero-order valence-electron chi connectivity index (χ0n) is 18.0. The molecule has 1 amide bonds. The van der Waals surface area contributed by atoms with Crippen molar-refractivity contribution >= 4 is 29.1 Å². The number of hydrogen-bond acceptors (Lipinski definition) is 6. The highest BCUT2D eigenvalue weighted by Gasteiger charge is 2.45. The van der Waals surface area contributed by atoms with Crippen molar-refractivity contribution in [3.63, 3.8) is 0 Å². The van der Waals surface area contributed by atoms with Gasteiger partial charge in [-0.05, 0) is 43.2 Å². The molecule has 0 radical (unpaired) electrons. The highest BCUT2D eigenvalue weighted by Crippen LogP contribution is 2.40. The molecule has 1 N–H and O–H groups in total. The van der Waals surface area contributed by atoms with Crippen LogP contribution in [0.4, 0.5) is 0 Å². The molecule has 3 aromatic rings. The third kappa shape index (κ3) is 4.61. The van der Waals surface area contributed by atoms with E-state index in [9.17, 15) is 14.7 Å². The first-order valence-electron chi connectivity index (χ1n) is 10.6. The molecule has 0 unspecified atom stereocenters. The lowest BCUT2D eigenvalue weighted by Crippen LogP contribution is -2.31. The number of rotatable bonds is 8. The first-order valence-corrected chi connectivity index (χ1v) is 11.0. The van der Waals surface area contributed by atoms with Gasteiger partial charge in [-0.15, -0.1) is 0 Å². The normalized spacial score (nSPS) is 17.5. The molecule has 0 aliphatic carbocycles. The van der Waals surface area contributed by atoms with Gasteiger partial charge in [0.2, 0.25) is 0 Å². The maximum absolute atomic E-state index is 13.1. The maximum Gasteiger partial charge on any atom is 0.295 e. The number of ether oxygens (including phenoxy) is 1. The Hall–Kier alpha value is -3.65. The van der Waals surface area contributed by atoms with E-state index in [4.69, 9.17) is 16.3 Å². The van der Waals surface area contributed by atoms with Crippen molar-refractivity contribution in [2.75, 3.05) is 13.2 Å². The van der Waals surface area contributed by atoms with E-state index in [1.54, 1.807) is 49.2 Å². The minimum Gasteiger partial charge on any atom is -0.507 e. The van der Waals surface area contributed by atoms with Crippen molar-refractivity contribution in [2.45, 2.75) is 25.9 Å². The molecule has 1 atom stereocenters. The van der Waals surface area contributed by atoms with Crippen LogP contribution in [0.2, 0.25) is 5.02 Å². The second-order valence-electron chi connectivity index (χ2n) is 7.51. The van der Waals surface area contributed by atoms with Crippen molar-refractivity contribution in [3.05, 3.63) is 83.2 Å². The fraction of sp³-hybridized carbons (Fsp3) is 0.250. The maximum atomic E-state index is 13.1. The van der Waals surface area contributed by atoms with Crippen LogP contribution in [-0.4, -0.2) is 49.4 Å². The lowest BCUT2D eigenvalue weighted by Gasteiger charge is -2.25. The Labute approximate surface area is 196 Å². The van der Waals surface area contributed by atoms with Gasteiger partial charge in [0.1, 0.15) is 11.5 Å². The van der Waals surface area contributed by atoms with Gasteiger partial charge in [-0.3, -0.25) is 14.6 Å². The number of halogens is 1. The summed E-state index contributed by atoms with van der Waals surface area (Å²) in [5, 5.41) is 11.4. The minimum atomic E-state index is -0.758. The Morgan fingerprint density at radius 2 is 2.03 bits per heavy atom. The number of imidazole rings is 1. The molecule has 1 aromatic carbocycles. The topological polar surface area (TPSA) is 97.6 Å². The number of Topliss-reactive ketones (excluding diaryl/α,β-unsaturated/α-hetero) is 1. The molecule has 2 aromatic heterocycles. The number of carbonyl (C=O) groups excluding carboxylic acids is 2. The van der Waals surface area contributed by atoms with E-state index in [1.165, 1.54) is 11.0 Å². The summed E-state index contributed by atoms with van der Waals surface area (Å²) in [6.07, 6.45) is 9.03. The standard InChI is InChI=1S/C24H23ClN4O4/c1-2-33-19-7-6-16(13-18(19)25)22(30)20-21(17-5-3-8-26-14-17)29(24(32)23(20)31)11-4-10-28-12-9-27-15-28/h3,5-9,12-15,21,30H,2,4,10-11H2,1H3/b22-20+/t21-/m0/s1. The van der Waals surface area contributed by atoms with E-state index in [2.05, 4.69) is 9.97 Å². The summed E-state index contributed by atoms with van der Waals surface area (Å²) >= 11 is 6.29. The molecule has 1 saturated heterocycles. The van der Waals surface area contributed by atoms with Crippen LogP contribution in [0.1, 0.15) is 30.5 Å². The Kier molecular flexibility index (Phi) is 6.74. The van der Waals surface area contributed by atoms with E-state index in [-0.39, 0.29) is 11.3 Å². The summed E-state index contributed by atoms with van der Waals surface area (Å²) in [5.74, 6) is -1.22. The molecule has 1 aliphatic rings. The summed E-state index contributed by atoms with van der Waals surface area (Å²) in [7, 11) is 0. The summed E-state index contributed by atoms with van der Waals surface area (Å²) in [6.45, 7) is 3.24. The third-order valence-corrected chi connectivity index (χ3v) is 5.72. The highest BCUT2D eigenvalue weighted by atomic mass is 35.5. The molecule has 3 heterocycles. The smallest absolute Gasteiger partial charge is 0.295 e. The molecular formula is C24H23ClN4O4. The number of nitrogens with zero attached hydrogens (tertiary/aromatic N) is 4. The van der Waals surface area contributed by atoms with E-state index in [1.807, 2.05) is 17.7 Å². The average molecular weight is 467 g/mol. The van der Waals surface area contributed by atoms with Crippen LogP contribution >= 0.6 is 11.6 Å². The van der Waals surface area contributed by atoms with Crippen molar-refractivity contribution in [1.29, 1.82) is 0 Å². The van der Waals surface area contributed by atoms with Crippen molar-refractivity contribution in [2.24, 2.45) is 0 Å². The highest BCUT2D eigenvalue weighted by molar-refractivity contribution is 6.46. The number of amides is 1. The second-order valence-corrected chi connectivity index (χ2v) is 7.92. The molecular weight excluding hydrogens is 444 g/mol. The fourth-order valence-electron chi connectivity index (χ4n) is 3.91. The van der Waals surface area contributed by atoms with Crippen molar-refractivity contribution < 1.29 is 19.4 Å². The van der Waals surface area contributed by atoms with Crippen LogP contribution in [-0.2, 0) is 16.1 Å². The van der Waals surface area contributed by atoms with Gasteiger partial charge in [0.05, 0.1) is 29.6 Å². The number of aryl methyl sites for hydroxylation is 1. The van der Waals surface area contributed by atoms with Gasteiger partial charge in [0.15, 0.2) is 0 Å². The van der Waals surface area contributed by atoms with Gasteiger partial charge in [-0.1, -0.05) is 17.7 Å². The number of ketones is 1. The number of aromatic nitrogens is 3. The monoisotopic (exact) mass is 466 g/mol. The third-order valence-electron chi connectivity index (χ3n) is 5.42. The summed E-state index contributed by atoms with van der Waals surface area (Å²) in [6, 6.07) is 7.51. The number of benzene rings is 1. The zero-order valence-corrected chi connectivity index (χ0v) is 18.8. The van der Waals surface area contributed by atoms with Crippen LogP contribution < -0.4 is 4.74 Å². The largest absolute Gasteiger partial charge is 0.507 e. The predicted molar refractivity (Wildman–Crippen MR) is 123 cm³/mol. The van der Waals surface area contributed by atoms with Gasteiger partial charge in [-0.2, -0.15) is 0 Å². The van der Waals surface area contributed by atoms with E-state index in [0.717, 1.165) is 0 Å². The van der Waals surface area contributed by atoms with Gasteiger partial charge in [0, 0.05) is 43.4 Å². The Balaban J connectivity index is 1.71. The number of likely N-dealkylation sites (tertiary alicyclic amines) is 1. The van der Waals surface area contributed by atoms with Crippen LogP contribution in [0.25, 0.3) is 5.76 Å². The molecule has 0 bridgehead atoms. The molecule has 8 nitrogen and oxygen atoms in total. The molecule has 9 heteroatoms. The molecule has 4 rings (SSSR count). The van der Waals surface area contributed by atoms with Gasteiger partial charge in [-0.25, -0.2) is 4.98 Å². The van der Waals surface area contributed by atoms with E-state index < -0.39 is 17.7 Å². The lowest BCUT2D eigenvalue weighted by atomic mass is 9.96. The molecule has 170 valence electrons. The second kappa shape index (κ2) is 9.87. The first kappa shape index (κ1) is 22.5. The van der Waals surface area contributed by atoms with Gasteiger partial charge < -0.3 is 19.3 Å². The van der Waals surface area contributed by atoms with Crippen molar-refractivity contribution in [3.8, 4) is 5.75 Å². The number of carbonyl (C=O) groups is 2. The van der Waals surface area contributed by atoms with Gasteiger partial charge in [0.25, 0.3) is 11.7 Å². The molecule has 0 spiro atoms. The number of aliphatic hydroxyl groups is 1. The predicted octanol–water partition coefficient (Wildman–Crippen LogP) is 3.84. The van der Waals surface area contributed by atoms with Crippen LogP contribution in [0.5, 0.6) is 5.75 Å². The van der Waals surface area contributed by atoms with E-state index >= 15 is 0 Å². The van der Waals surface area contributed by atoms with E-state index in [0.29, 0.717) is 48.0 Å². The SMILES string of the molecule is CCOc1ccc(/C(O)=C2\C(=O)C(=O)N(CCCn3ccnc3)[C@H]2c2cccnc2)cc1Cl. The Morgan fingerprint density at radius 3 is 2.70 bits per heavy atom. The molecule has 1 fully saturated rings. The quantitative estimate of drug-likeness (QED) is 0.308. The first-order chi connectivity index (χ1) is 16.0. The molecule has 33 heavy (non-hydrogen) atoms. The zero-order chi connectivity index (χ0) is 23.4. The number of pyridine rings is 1. The van der Waals surface area contributed by atoms with Crippen LogP contribution in [0.15, 0.2) is 67.0 Å². The summed E-state index contributed by atoms with van der Waals surface area (Å²) < 4.78 is 7.34. The molecule has 0 saturated carbocycles. The van der Waals surface area contributed by atoms with Crippen LogP contribution in [0.3, 0.4) is 0 Å². The Morgan fingerprint density at radius 1 is 1.18 bits per heavy atom. The minimum absolute atomic E-state index is 0.0101. The fourth-order valence-corrected chi connectivity index (χ4v) is 4.15. The van der Waals surface area contributed by atoms with Crippen molar-refractivity contribution in [1.82, 2.24) is 19.4 Å². The molecule has 1 aliphatic heterocycles. The summed E-state index contributed by atoms with van der Waals surface area (Å²) in [4.78, 5) is 35.7. The summed E-state index contributed by atoms with van der Waals surface area (Å²) in [5.41, 5.74) is 0.975. The van der Waals surface area contributed by atoms with Crippen LogP contribution in [0, 0.1) is 0 Å². The number of aliphatic hydroxyl groups excluding tert-OH is 1. The average Bonchev–Trinajstić information content (AvgIpc) is 3.43.